The largest absolute Gasteiger partial charge is 0.478 e. The molecule has 1 aliphatic rings. The molecule has 1 heterocycles. The van der Waals surface area contributed by atoms with E-state index in [1.807, 2.05) is 26.8 Å². The van der Waals surface area contributed by atoms with E-state index in [0.717, 1.165) is 5.69 Å². The Morgan fingerprint density at radius 1 is 1.27 bits per heavy atom. The third kappa shape index (κ3) is 3.16. The van der Waals surface area contributed by atoms with Gasteiger partial charge in [0.2, 0.25) is 0 Å². The summed E-state index contributed by atoms with van der Waals surface area (Å²) in [4.78, 5) is 26.4. The van der Waals surface area contributed by atoms with Gasteiger partial charge in [-0.2, -0.15) is 0 Å². The molecule has 0 fully saturated rings. The Morgan fingerprint density at radius 2 is 1.95 bits per heavy atom. The Labute approximate surface area is 132 Å². The van der Waals surface area contributed by atoms with Crippen LogP contribution in [0.1, 0.15) is 51.4 Å². The average molecular weight is 303 g/mol. The molecule has 0 bridgehead atoms. The fraction of sp³-hybridized carbons (Fsp3) is 0.556. The van der Waals surface area contributed by atoms with E-state index in [1.165, 1.54) is 0 Å². The average Bonchev–Trinajstić information content (AvgIpc) is 2.47. The zero-order chi connectivity index (χ0) is 16.4. The second kappa shape index (κ2) is 6.51. The fourth-order valence-electron chi connectivity index (χ4n) is 2.64. The number of anilines is 1. The first-order chi connectivity index (χ1) is 10.3. The molecule has 1 atom stereocenters. The van der Waals surface area contributed by atoms with Crippen LogP contribution in [-0.2, 0) is 4.79 Å². The van der Waals surface area contributed by atoms with Crippen LogP contribution in [0, 0.1) is 11.8 Å². The molecular weight excluding hydrogens is 278 g/mol. The highest BCUT2D eigenvalue weighted by atomic mass is 16.5. The molecule has 1 unspecified atom stereocenters. The zero-order valence-corrected chi connectivity index (χ0v) is 14.1. The van der Waals surface area contributed by atoms with Gasteiger partial charge in [-0.3, -0.25) is 9.59 Å². The number of ether oxygens (including phenoxy) is 1. The minimum atomic E-state index is -0.459. The maximum atomic E-state index is 12.7. The maximum Gasteiger partial charge on any atom is 0.268 e. The molecule has 0 saturated heterocycles. The van der Waals surface area contributed by atoms with Crippen LogP contribution in [0.5, 0.6) is 5.75 Å². The van der Waals surface area contributed by atoms with Crippen molar-refractivity contribution in [1.82, 2.24) is 0 Å². The van der Waals surface area contributed by atoms with Crippen LogP contribution < -0.4 is 9.64 Å². The van der Waals surface area contributed by atoms with Crippen molar-refractivity contribution in [3.05, 3.63) is 23.8 Å². The number of hydrogen-bond donors (Lipinski definition) is 0. The smallest absolute Gasteiger partial charge is 0.268 e. The molecule has 1 amide bonds. The Bertz CT molecular complexity index is 578. The number of nitrogens with zero attached hydrogens (tertiary/aromatic N) is 1. The highest BCUT2D eigenvalue weighted by Crippen LogP contribution is 2.37. The van der Waals surface area contributed by atoms with Crippen molar-refractivity contribution in [2.75, 3.05) is 11.4 Å². The normalized spacial score (nSPS) is 17.7. The van der Waals surface area contributed by atoms with E-state index in [1.54, 1.807) is 17.0 Å². The maximum absolute atomic E-state index is 12.7. The lowest BCUT2D eigenvalue weighted by Crippen LogP contribution is -2.49. The van der Waals surface area contributed by atoms with Gasteiger partial charge in [-0.05, 0) is 30.0 Å². The summed E-state index contributed by atoms with van der Waals surface area (Å²) in [7, 11) is 0. The lowest BCUT2D eigenvalue weighted by molar-refractivity contribution is -0.128. The van der Waals surface area contributed by atoms with E-state index in [4.69, 9.17) is 4.74 Å². The molecule has 0 N–H and O–H groups in total. The number of carbonyl (C=O) groups is 2. The fourth-order valence-corrected chi connectivity index (χ4v) is 2.64. The van der Waals surface area contributed by atoms with Crippen LogP contribution >= 0.6 is 0 Å². The number of hydrogen-bond acceptors (Lipinski definition) is 3. The van der Waals surface area contributed by atoms with Crippen LogP contribution in [-0.4, -0.2) is 24.3 Å². The van der Waals surface area contributed by atoms with Gasteiger partial charge in [-0.25, -0.2) is 0 Å². The number of benzene rings is 1. The molecule has 0 aromatic heterocycles. The summed E-state index contributed by atoms with van der Waals surface area (Å²) >= 11 is 0. The summed E-state index contributed by atoms with van der Waals surface area (Å²) in [5.74, 6) is 1.19. The summed E-state index contributed by atoms with van der Waals surface area (Å²) in [6, 6.07) is 5.39. The van der Waals surface area contributed by atoms with E-state index in [9.17, 15) is 9.59 Å². The molecule has 1 aromatic rings. The van der Waals surface area contributed by atoms with Gasteiger partial charge in [0.1, 0.15) is 5.75 Å². The highest BCUT2D eigenvalue weighted by molar-refractivity contribution is 6.03. The van der Waals surface area contributed by atoms with Gasteiger partial charge >= 0.3 is 0 Å². The quantitative estimate of drug-likeness (QED) is 0.779. The van der Waals surface area contributed by atoms with Crippen molar-refractivity contribution in [3.8, 4) is 5.75 Å². The molecule has 2 rings (SSSR count). The van der Waals surface area contributed by atoms with Crippen LogP contribution in [0.4, 0.5) is 5.69 Å². The number of carbonyl (C=O) groups excluding carboxylic acids is 2. The molecule has 1 aromatic carbocycles. The van der Waals surface area contributed by atoms with Crippen LogP contribution in [0.3, 0.4) is 0 Å². The Morgan fingerprint density at radius 3 is 2.50 bits per heavy atom. The van der Waals surface area contributed by atoms with E-state index in [2.05, 4.69) is 13.8 Å². The monoisotopic (exact) mass is 303 g/mol. The molecule has 0 aliphatic carbocycles. The second-order valence-electron chi connectivity index (χ2n) is 6.58. The van der Waals surface area contributed by atoms with Crippen LogP contribution in [0.25, 0.3) is 0 Å². The minimum absolute atomic E-state index is 0.0164. The first kappa shape index (κ1) is 16.5. The molecule has 0 radical (unpaired) electrons. The van der Waals surface area contributed by atoms with Gasteiger partial charge in [-0.1, -0.05) is 34.6 Å². The third-order valence-electron chi connectivity index (χ3n) is 3.81. The molecule has 4 nitrogen and oxygen atoms in total. The molecule has 0 saturated carbocycles. The van der Waals surface area contributed by atoms with Crippen molar-refractivity contribution in [2.45, 2.75) is 47.1 Å². The van der Waals surface area contributed by atoms with Gasteiger partial charge < -0.3 is 9.64 Å². The Kier molecular flexibility index (Phi) is 4.89. The van der Waals surface area contributed by atoms with Crippen molar-refractivity contribution >= 4 is 17.4 Å². The zero-order valence-electron chi connectivity index (χ0n) is 14.1. The van der Waals surface area contributed by atoms with Gasteiger partial charge in [0.25, 0.3) is 5.91 Å². The molecule has 1 aliphatic heterocycles. The Hall–Kier alpha value is -1.84. The van der Waals surface area contributed by atoms with Gasteiger partial charge in [0, 0.05) is 18.5 Å². The van der Waals surface area contributed by atoms with Crippen LogP contribution in [0.2, 0.25) is 0 Å². The number of rotatable bonds is 5. The first-order valence-electron chi connectivity index (χ1n) is 8.00. The summed E-state index contributed by atoms with van der Waals surface area (Å²) in [6.07, 6.45) is -0.00850. The predicted molar refractivity (Wildman–Crippen MR) is 87.5 cm³/mol. The summed E-state index contributed by atoms with van der Waals surface area (Å²) in [5.41, 5.74) is 1.35. The van der Waals surface area contributed by atoms with Gasteiger partial charge in [-0.15, -0.1) is 0 Å². The second-order valence-corrected chi connectivity index (χ2v) is 6.58. The van der Waals surface area contributed by atoms with Crippen molar-refractivity contribution in [1.29, 1.82) is 0 Å². The molecular formula is C18H25NO3. The van der Waals surface area contributed by atoms with E-state index < -0.39 is 6.10 Å². The number of ketones is 1. The van der Waals surface area contributed by atoms with E-state index in [0.29, 0.717) is 30.2 Å². The first-order valence-corrected chi connectivity index (χ1v) is 8.00. The number of fused-ring (bicyclic) bond motifs is 1. The van der Waals surface area contributed by atoms with E-state index in [-0.39, 0.29) is 17.6 Å². The Balaban J connectivity index is 2.47. The van der Waals surface area contributed by atoms with Crippen LogP contribution in [0.15, 0.2) is 18.2 Å². The topological polar surface area (TPSA) is 46.6 Å². The number of Topliss-reactive ketones (excluding diaryl/α,β-unsaturated/α-hetero) is 1. The molecule has 0 spiro atoms. The van der Waals surface area contributed by atoms with E-state index >= 15 is 0 Å². The van der Waals surface area contributed by atoms with Crippen molar-refractivity contribution in [2.24, 2.45) is 11.8 Å². The summed E-state index contributed by atoms with van der Waals surface area (Å²) in [5, 5.41) is 0. The summed E-state index contributed by atoms with van der Waals surface area (Å²) < 4.78 is 5.88. The standard InChI is InChI=1S/C18H25NO3/c1-6-15(20)13-7-8-16-14(9-13)19(10-11(2)3)18(21)17(22-16)12(4)5/h7-9,11-12,17H,6,10H2,1-5H3. The minimum Gasteiger partial charge on any atom is -0.478 e. The number of amides is 1. The molecule has 4 heteroatoms. The molecule has 22 heavy (non-hydrogen) atoms. The lowest BCUT2D eigenvalue weighted by atomic mass is 10.00. The summed E-state index contributed by atoms with van der Waals surface area (Å²) in [6.45, 7) is 10.6. The van der Waals surface area contributed by atoms with Crippen molar-refractivity contribution < 1.29 is 14.3 Å². The lowest BCUT2D eigenvalue weighted by Gasteiger charge is -2.37. The predicted octanol–water partition coefficient (Wildman–Crippen LogP) is 3.69. The molecule has 120 valence electrons. The van der Waals surface area contributed by atoms with Gasteiger partial charge in [0.15, 0.2) is 11.9 Å². The van der Waals surface area contributed by atoms with Gasteiger partial charge in [0.05, 0.1) is 5.69 Å². The highest BCUT2D eigenvalue weighted by Gasteiger charge is 2.36. The third-order valence-corrected chi connectivity index (χ3v) is 3.81. The van der Waals surface area contributed by atoms with Crippen molar-refractivity contribution in [3.63, 3.8) is 0 Å². The SMILES string of the molecule is CCC(=O)c1ccc2c(c1)N(CC(C)C)C(=O)C(C(C)C)O2.